The normalized spacial score (nSPS) is 12.0. The Balaban J connectivity index is 2.42. The first-order valence-corrected chi connectivity index (χ1v) is 5.47. The third-order valence-corrected chi connectivity index (χ3v) is 2.02. The van der Waals surface area contributed by atoms with E-state index in [1.165, 1.54) is 0 Å². The molecule has 1 N–H and O–H groups in total. The maximum absolute atomic E-state index is 5.19. The SMILES string of the molecule is CNCCCc1noc(CC(C)(C)C)n1. The van der Waals surface area contributed by atoms with E-state index in [2.05, 4.69) is 36.2 Å². The molecule has 0 fully saturated rings. The Bertz CT molecular complexity index is 288. The van der Waals surface area contributed by atoms with Crippen LogP contribution in [0.25, 0.3) is 0 Å². The van der Waals surface area contributed by atoms with E-state index in [-0.39, 0.29) is 5.41 Å². The molecular weight excluding hydrogens is 190 g/mol. The Hall–Kier alpha value is -0.900. The van der Waals surface area contributed by atoms with Crippen molar-refractivity contribution in [3.8, 4) is 0 Å². The van der Waals surface area contributed by atoms with E-state index in [0.717, 1.165) is 37.5 Å². The molecule has 0 saturated heterocycles. The lowest BCUT2D eigenvalue weighted by Crippen LogP contribution is -2.10. The molecule has 0 amide bonds. The smallest absolute Gasteiger partial charge is 0.227 e. The van der Waals surface area contributed by atoms with Crippen molar-refractivity contribution in [3.63, 3.8) is 0 Å². The number of aryl methyl sites for hydroxylation is 1. The summed E-state index contributed by atoms with van der Waals surface area (Å²) in [6, 6.07) is 0. The van der Waals surface area contributed by atoms with Gasteiger partial charge in [0.2, 0.25) is 5.89 Å². The highest BCUT2D eigenvalue weighted by molar-refractivity contribution is 4.89. The van der Waals surface area contributed by atoms with Crippen LogP contribution < -0.4 is 5.32 Å². The zero-order valence-electron chi connectivity index (χ0n) is 10.1. The summed E-state index contributed by atoms with van der Waals surface area (Å²) in [5.74, 6) is 1.58. The topological polar surface area (TPSA) is 51.0 Å². The van der Waals surface area contributed by atoms with Gasteiger partial charge in [0.25, 0.3) is 0 Å². The molecule has 0 aliphatic carbocycles. The minimum atomic E-state index is 0.203. The number of aromatic nitrogens is 2. The predicted molar refractivity (Wildman–Crippen MR) is 59.7 cm³/mol. The maximum atomic E-state index is 5.19. The molecular formula is C11H21N3O. The van der Waals surface area contributed by atoms with Crippen LogP contribution in [0.3, 0.4) is 0 Å². The summed E-state index contributed by atoms with van der Waals surface area (Å²) < 4.78 is 5.19. The van der Waals surface area contributed by atoms with Gasteiger partial charge in [-0.2, -0.15) is 4.98 Å². The van der Waals surface area contributed by atoms with Crippen molar-refractivity contribution in [2.24, 2.45) is 5.41 Å². The van der Waals surface area contributed by atoms with E-state index in [4.69, 9.17) is 4.52 Å². The van der Waals surface area contributed by atoms with E-state index < -0.39 is 0 Å². The Morgan fingerprint density at radius 1 is 1.33 bits per heavy atom. The second-order valence-electron chi connectivity index (χ2n) is 5.05. The first-order valence-electron chi connectivity index (χ1n) is 5.47. The van der Waals surface area contributed by atoms with Crippen molar-refractivity contribution in [1.29, 1.82) is 0 Å². The van der Waals surface area contributed by atoms with Gasteiger partial charge in [-0.15, -0.1) is 0 Å². The minimum absolute atomic E-state index is 0.203. The summed E-state index contributed by atoms with van der Waals surface area (Å²) in [6.07, 6.45) is 2.77. The van der Waals surface area contributed by atoms with Crippen molar-refractivity contribution in [2.75, 3.05) is 13.6 Å². The summed E-state index contributed by atoms with van der Waals surface area (Å²) in [6.45, 7) is 7.48. The molecule has 0 aromatic carbocycles. The van der Waals surface area contributed by atoms with Crippen LogP contribution in [0.1, 0.15) is 38.9 Å². The first kappa shape index (κ1) is 12.2. The number of rotatable bonds is 5. The van der Waals surface area contributed by atoms with Gasteiger partial charge >= 0.3 is 0 Å². The Kier molecular flexibility index (Phi) is 4.27. The van der Waals surface area contributed by atoms with Crippen LogP contribution in [0.2, 0.25) is 0 Å². The lowest BCUT2D eigenvalue weighted by atomic mass is 9.92. The summed E-state index contributed by atoms with van der Waals surface area (Å²) in [5.41, 5.74) is 0.203. The van der Waals surface area contributed by atoms with E-state index in [1.807, 2.05) is 7.05 Å². The first-order chi connectivity index (χ1) is 7.01. The van der Waals surface area contributed by atoms with Gasteiger partial charge in [0, 0.05) is 12.8 Å². The van der Waals surface area contributed by atoms with Gasteiger partial charge in [-0.1, -0.05) is 25.9 Å². The molecule has 15 heavy (non-hydrogen) atoms. The van der Waals surface area contributed by atoms with Crippen LogP contribution >= 0.6 is 0 Å². The van der Waals surface area contributed by atoms with Gasteiger partial charge in [0.15, 0.2) is 5.82 Å². The molecule has 0 saturated carbocycles. The van der Waals surface area contributed by atoms with Gasteiger partial charge in [0.1, 0.15) is 0 Å². The summed E-state index contributed by atoms with van der Waals surface area (Å²) in [4.78, 5) is 4.36. The number of hydrogen-bond donors (Lipinski definition) is 1. The van der Waals surface area contributed by atoms with Crippen molar-refractivity contribution >= 4 is 0 Å². The Morgan fingerprint density at radius 3 is 2.67 bits per heavy atom. The fourth-order valence-electron chi connectivity index (χ4n) is 1.34. The fraction of sp³-hybridized carbons (Fsp3) is 0.818. The summed E-state index contributed by atoms with van der Waals surface area (Å²) in [5, 5.41) is 7.06. The van der Waals surface area contributed by atoms with Crippen molar-refractivity contribution in [3.05, 3.63) is 11.7 Å². The molecule has 0 aliphatic heterocycles. The quantitative estimate of drug-likeness (QED) is 0.755. The second kappa shape index (κ2) is 5.26. The molecule has 1 rings (SSSR count). The van der Waals surface area contributed by atoms with Crippen LogP contribution in [0.5, 0.6) is 0 Å². The maximum Gasteiger partial charge on any atom is 0.227 e. The van der Waals surface area contributed by atoms with Gasteiger partial charge in [-0.3, -0.25) is 0 Å². The number of hydrogen-bond acceptors (Lipinski definition) is 4. The fourth-order valence-corrected chi connectivity index (χ4v) is 1.34. The Labute approximate surface area is 91.5 Å². The van der Waals surface area contributed by atoms with Gasteiger partial charge in [-0.25, -0.2) is 0 Å². The molecule has 0 spiro atoms. The third kappa shape index (κ3) is 4.93. The monoisotopic (exact) mass is 211 g/mol. The van der Waals surface area contributed by atoms with Crippen LogP contribution in [-0.4, -0.2) is 23.7 Å². The molecule has 1 aromatic heterocycles. The van der Waals surface area contributed by atoms with Gasteiger partial charge < -0.3 is 9.84 Å². The number of nitrogens with zero attached hydrogens (tertiary/aromatic N) is 2. The summed E-state index contributed by atoms with van der Waals surface area (Å²) in [7, 11) is 1.95. The Morgan fingerprint density at radius 2 is 2.07 bits per heavy atom. The van der Waals surface area contributed by atoms with Crippen molar-refractivity contribution in [2.45, 2.75) is 40.0 Å². The van der Waals surface area contributed by atoms with E-state index >= 15 is 0 Å². The summed E-state index contributed by atoms with van der Waals surface area (Å²) >= 11 is 0. The highest BCUT2D eigenvalue weighted by Gasteiger charge is 2.16. The zero-order valence-corrected chi connectivity index (χ0v) is 10.1. The molecule has 4 nitrogen and oxygen atoms in total. The zero-order chi connectivity index (χ0) is 11.3. The lowest BCUT2D eigenvalue weighted by Gasteiger charge is -2.13. The molecule has 0 radical (unpaired) electrons. The van der Waals surface area contributed by atoms with E-state index in [0.29, 0.717) is 0 Å². The molecule has 4 heteroatoms. The van der Waals surface area contributed by atoms with Gasteiger partial charge in [-0.05, 0) is 25.4 Å². The van der Waals surface area contributed by atoms with E-state index in [1.54, 1.807) is 0 Å². The van der Waals surface area contributed by atoms with Crippen LogP contribution in [0.4, 0.5) is 0 Å². The highest BCUT2D eigenvalue weighted by atomic mass is 16.5. The largest absolute Gasteiger partial charge is 0.339 e. The van der Waals surface area contributed by atoms with Crippen molar-refractivity contribution < 1.29 is 4.52 Å². The molecule has 86 valence electrons. The molecule has 1 heterocycles. The molecule has 0 atom stereocenters. The molecule has 0 bridgehead atoms. The average molecular weight is 211 g/mol. The molecule has 0 unspecified atom stereocenters. The van der Waals surface area contributed by atoms with Crippen LogP contribution in [0, 0.1) is 5.41 Å². The predicted octanol–water partition coefficient (Wildman–Crippen LogP) is 1.81. The lowest BCUT2D eigenvalue weighted by molar-refractivity contribution is 0.312. The van der Waals surface area contributed by atoms with Gasteiger partial charge in [0.05, 0.1) is 0 Å². The minimum Gasteiger partial charge on any atom is -0.339 e. The highest BCUT2D eigenvalue weighted by Crippen LogP contribution is 2.19. The number of nitrogens with one attached hydrogen (secondary N) is 1. The van der Waals surface area contributed by atoms with Crippen LogP contribution in [-0.2, 0) is 12.8 Å². The average Bonchev–Trinajstić information content (AvgIpc) is 2.50. The van der Waals surface area contributed by atoms with Crippen LogP contribution in [0.15, 0.2) is 4.52 Å². The molecule has 0 aliphatic rings. The van der Waals surface area contributed by atoms with E-state index in [9.17, 15) is 0 Å². The standard InChI is InChI=1S/C11H21N3O/c1-11(2,3)8-10-13-9(14-15-10)6-5-7-12-4/h12H,5-8H2,1-4H3. The second-order valence-corrected chi connectivity index (χ2v) is 5.05. The third-order valence-electron chi connectivity index (χ3n) is 2.02. The van der Waals surface area contributed by atoms with Crippen molar-refractivity contribution in [1.82, 2.24) is 15.5 Å². The molecule has 1 aromatic rings.